The van der Waals surface area contributed by atoms with Crippen LogP contribution in [-0.4, -0.2) is 25.7 Å². The third kappa shape index (κ3) is 5.48. The number of carbonyl (C=O) groups is 1. The van der Waals surface area contributed by atoms with Crippen LogP contribution in [0.4, 0.5) is 4.39 Å². The van der Waals surface area contributed by atoms with Gasteiger partial charge in [-0.05, 0) is 76.0 Å². The highest BCUT2D eigenvalue weighted by molar-refractivity contribution is 6.00. The highest BCUT2D eigenvalue weighted by Gasteiger charge is 2.21. The molecule has 7 nitrogen and oxygen atoms in total. The van der Waals surface area contributed by atoms with E-state index in [-0.39, 0.29) is 17.8 Å². The van der Waals surface area contributed by atoms with Crippen molar-refractivity contribution < 1.29 is 13.6 Å². The largest absolute Gasteiger partial charge is 0.416 e. The Kier molecular flexibility index (Phi) is 7.22. The molecule has 0 saturated carbocycles. The van der Waals surface area contributed by atoms with Crippen molar-refractivity contribution in [3.05, 3.63) is 151 Å². The van der Waals surface area contributed by atoms with Gasteiger partial charge in [-0.25, -0.2) is 9.37 Å². The summed E-state index contributed by atoms with van der Waals surface area (Å²) >= 11 is 0. The lowest BCUT2D eigenvalue weighted by atomic mass is 9.92. The molecular formula is C36H26FN5O2. The maximum absolute atomic E-state index is 13.6. The Hall–Kier alpha value is -5.89. The molecule has 1 atom stereocenters. The number of halogens is 1. The van der Waals surface area contributed by atoms with Crippen LogP contribution in [0.15, 0.2) is 138 Å². The average Bonchev–Trinajstić information content (AvgIpc) is 3.78. The summed E-state index contributed by atoms with van der Waals surface area (Å²) < 4.78 is 21.5. The molecule has 2 aromatic heterocycles. The van der Waals surface area contributed by atoms with Crippen molar-refractivity contribution in [2.24, 2.45) is 0 Å². The predicted molar refractivity (Wildman–Crippen MR) is 167 cm³/mol. The van der Waals surface area contributed by atoms with Crippen LogP contribution in [0.1, 0.15) is 22.0 Å². The highest BCUT2D eigenvalue weighted by Crippen LogP contribution is 2.34. The lowest BCUT2D eigenvalue weighted by Gasteiger charge is -2.23. The summed E-state index contributed by atoms with van der Waals surface area (Å²) in [6.07, 6.45) is 5.32. The van der Waals surface area contributed by atoms with Crippen molar-refractivity contribution >= 4 is 16.7 Å². The number of carbonyl (C=O) groups excluding carboxylic acids is 1. The molecule has 5 aromatic carbocycles. The number of nitrogens with one attached hydrogen (secondary N) is 1. The molecule has 8 heteroatoms. The predicted octanol–water partition coefficient (Wildman–Crippen LogP) is 7.73. The Bertz CT molecular complexity index is 2040. The first kappa shape index (κ1) is 27.0. The van der Waals surface area contributed by atoms with Gasteiger partial charge in [0, 0.05) is 35.6 Å². The quantitative estimate of drug-likeness (QED) is 0.199. The number of fused-ring (bicyclic) bond motifs is 1. The molecule has 214 valence electrons. The highest BCUT2D eigenvalue weighted by atomic mass is 19.1. The van der Waals surface area contributed by atoms with Crippen molar-refractivity contribution in [3.63, 3.8) is 0 Å². The van der Waals surface area contributed by atoms with Gasteiger partial charge in [0.25, 0.3) is 5.91 Å². The van der Waals surface area contributed by atoms with E-state index in [2.05, 4.69) is 20.5 Å². The summed E-state index contributed by atoms with van der Waals surface area (Å²) in [5, 5.41) is 13.6. The lowest BCUT2D eigenvalue weighted by molar-refractivity contribution is 0.0933. The minimum atomic E-state index is -0.368. The Morgan fingerprint density at radius 3 is 2.11 bits per heavy atom. The first-order valence-corrected chi connectivity index (χ1v) is 14.2. The molecule has 1 N–H and O–H groups in total. The van der Waals surface area contributed by atoms with E-state index in [1.54, 1.807) is 48.9 Å². The molecule has 7 rings (SSSR count). The number of nitrogens with zero attached hydrogens (tertiary/aromatic N) is 4. The molecule has 0 aliphatic rings. The van der Waals surface area contributed by atoms with E-state index in [0.717, 1.165) is 33.0 Å². The number of amides is 1. The SMILES string of the molecule is O=C(N[C@@H](Cn1ccnc1)c1ccc(-c2ccc(F)cc2)c2ccccc12)c1ccc(-c2nnc(-c3ccccc3)o2)cc1. The second-order valence-electron chi connectivity index (χ2n) is 10.4. The summed E-state index contributed by atoms with van der Waals surface area (Å²) in [7, 11) is 0. The molecule has 0 aliphatic carbocycles. The topological polar surface area (TPSA) is 85.8 Å². The molecule has 0 radical (unpaired) electrons. The van der Waals surface area contributed by atoms with Crippen LogP contribution in [0, 0.1) is 5.82 Å². The zero-order valence-corrected chi connectivity index (χ0v) is 23.5. The van der Waals surface area contributed by atoms with Gasteiger partial charge in [0.2, 0.25) is 11.8 Å². The van der Waals surface area contributed by atoms with Gasteiger partial charge in [-0.2, -0.15) is 0 Å². The van der Waals surface area contributed by atoms with E-state index in [1.807, 2.05) is 77.5 Å². The fourth-order valence-corrected chi connectivity index (χ4v) is 5.38. The van der Waals surface area contributed by atoms with Crippen LogP contribution < -0.4 is 5.32 Å². The molecule has 0 bridgehead atoms. The van der Waals surface area contributed by atoms with Gasteiger partial charge in [0.1, 0.15) is 5.82 Å². The number of rotatable bonds is 8. The molecular weight excluding hydrogens is 553 g/mol. The second-order valence-corrected chi connectivity index (χ2v) is 10.4. The zero-order valence-electron chi connectivity index (χ0n) is 23.5. The third-order valence-corrected chi connectivity index (χ3v) is 7.59. The van der Waals surface area contributed by atoms with Crippen LogP contribution in [0.3, 0.4) is 0 Å². The van der Waals surface area contributed by atoms with E-state index in [1.165, 1.54) is 12.1 Å². The van der Waals surface area contributed by atoms with Crippen molar-refractivity contribution in [1.82, 2.24) is 25.1 Å². The maximum atomic E-state index is 13.6. The van der Waals surface area contributed by atoms with Crippen molar-refractivity contribution in [3.8, 4) is 34.0 Å². The van der Waals surface area contributed by atoms with E-state index in [4.69, 9.17) is 4.42 Å². The molecule has 2 heterocycles. The van der Waals surface area contributed by atoms with E-state index in [0.29, 0.717) is 29.5 Å². The number of hydrogen-bond donors (Lipinski definition) is 1. The molecule has 0 unspecified atom stereocenters. The van der Waals surface area contributed by atoms with Crippen LogP contribution in [0.5, 0.6) is 0 Å². The number of benzene rings is 5. The number of aromatic nitrogens is 4. The minimum Gasteiger partial charge on any atom is -0.416 e. The smallest absolute Gasteiger partial charge is 0.251 e. The molecule has 7 aromatic rings. The van der Waals surface area contributed by atoms with Crippen molar-refractivity contribution in [2.75, 3.05) is 0 Å². The Labute approximate surface area is 252 Å². The summed E-state index contributed by atoms with van der Waals surface area (Å²) in [5.74, 6) is 0.313. The molecule has 44 heavy (non-hydrogen) atoms. The Morgan fingerprint density at radius 2 is 1.41 bits per heavy atom. The van der Waals surface area contributed by atoms with Crippen LogP contribution >= 0.6 is 0 Å². The fraction of sp³-hybridized carbons (Fsp3) is 0.0556. The van der Waals surface area contributed by atoms with E-state index >= 15 is 0 Å². The van der Waals surface area contributed by atoms with Crippen molar-refractivity contribution in [2.45, 2.75) is 12.6 Å². The van der Waals surface area contributed by atoms with Gasteiger partial charge in [0.05, 0.1) is 12.4 Å². The van der Waals surface area contributed by atoms with Gasteiger partial charge in [-0.3, -0.25) is 4.79 Å². The average molecular weight is 580 g/mol. The van der Waals surface area contributed by atoms with Crippen LogP contribution in [0.25, 0.3) is 44.8 Å². The van der Waals surface area contributed by atoms with E-state index < -0.39 is 0 Å². The Balaban J connectivity index is 1.18. The first-order valence-electron chi connectivity index (χ1n) is 14.2. The normalized spacial score (nSPS) is 11.8. The summed E-state index contributed by atoms with van der Waals surface area (Å²) in [6, 6.07) is 34.9. The summed E-state index contributed by atoms with van der Waals surface area (Å²) in [4.78, 5) is 17.8. The molecule has 0 saturated heterocycles. The lowest BCUT2D eigenvalue weighted by Crippen LogP contribution is -2.31. The monoisotopic (exact) mass is 579 g/mol. The van der Waals surface area contributed by atoms with E-state index in [9.17, 15) is 9.18 Å². The van der Waals surface area contributed by atoms with Gasteiger partial charge >= 0.3 is 0 Å². The summed E-state index contributed by atoms with van der Waals surface area (Å²) in [6.45, 7) is 0.480. The Morgan fingerprint density at radius 1 is 0.750 bits per heavy atom. The standard InChI is InChI=1S/C36H26FN5O2/c37-28-16-14-24(15-17-28)29-18-19-32(31-9-5-4-8-30(29)31)33(22-42-21-20-38-23-42)39-34(43)25-10-12-27(13-11-25)36-41-40-35(44-36)26-6-2-1-3-7-26/h1-21,23,33H,22H2,(H,39,43)/t33-/m0/s1. The van der Waals surface area contributed by atoms with Gasteiger partial charge in [-0.1, -0.05) is 66.7 Å². The number of hydrogen-bond acceptors (Lipinski definition) is 5. The van der Waals surface area contributed by atoms with Crippen molar-refractivity contribution in [1.29, 1.82) is 0 Å². The van der Waals surface area contributed by atoms with Crippen LogP contribution in [-0.2, 0) is 6.54 Å². The molecule has 0 aliphatic heterocycles. The minimum absolute atomic E-state index is 0.219. The van der Waals surface area contributed by atoms with Gasteiger partial charge in [-0.15, -0.1) is 10.2 Å². The molecule has 0 fully saturated rings. The molecule has 0 spiro atoms. The summed E-state index contributed by atoms with van der Waals surface area (Å²) in [5.41, 5.74) is 4.92. The second kappa shape index (κ2) is 11.8. The van der Waals surface area contributed by atoms with Gasteiger partial charge < -0.3 is 14.3 Å². The molecule has 1 amide bonds. The number of imidazole rings is 1. The maximum Gasteiger partial charge on any atom is 0.251 e. The van der Waals surface area contributed by atoms with Gasteiger partial charge in [0.15, 0.2) is 0 Å². The van der Waals surface area contributed by atoms with Crippen LogP contribution in [0.2, 0.25) is 0 Å². The zero-order chi connectivity index (χ0) is 29.9. The first-order chi connectivity index (χ1) is 21.6. The fourth-order valence-electron chi connectivity index (χ4n) is 5.38. The third-order valence-electron chi connectivity index (χ3n) is 7.59.